The lowest BCUT2D eigenvalue weighted by molar-refractivity contribution is -0.143. The zero-order valence-corrected chi connectivity index (χ0v) is 14.2. The van der Waals surface area contributed by atoms with Gasteiger partial charge in [-0.1, -0.05) is 29.8 Å². The number of alkyl halides is 3. The van der Waals surface area contributed by atoms with Crippen molar-refractivity contribution in [2.75, 3.05) is 5.32 Å². The Morgan fingerprint density at radius 3 is 2.62 bits per heavy atom. The van der Waals surface area contributed by atoms with Crippen LogP contribution in [0, 0.1) is 0 Å². The number of carbonyl (C=O) groups is 1. The highest BCUT2D eigenvalue weighted by molar-refractivity contribution is 6.31. The van der Waals surface area contributed by atoms with Crippen molar-refractivity contribution in [1.29, 1.82) is 0 Å². The highest BCUT2D eigenvalue weighted by atomic mass is 35.5. The smallest absolute Gasteiger partial charge is 0.304 e. The Bertz CT molecular complexity index is 948. The molecule has 0 atom stereocenters. The summed E-state index contributed by atoms with van der Waals surface area (Å²) in [7, 11) is 1.12. The standard InChI is InChI=1S/C16H13ClF3N5O/c1-24-13(16(18,19)20)8-12(22-24)15(26)21-14-6-7-25(23-14)9-10-4-2-3-5-11(10)17/h2-8H,9H2,1H3,(H,21,23,26). The van der Waals surface area contributed by atoms with Gasteiger partial charge in [0.05, 0.1) is 6.54 Å². The number of aryl methyl sites for hydroxylation is 1. The van der Waals surface area contributed by atoms with Crippen LogP contribution in [0.2, 0.25) is 5.02 Å². The minimum atomic E-state index is -4.59. The molecule has 0 bridgehead atoms. The molecule has 3 rings (SSSR count). The summed E-state index contributed by atoms with van der Waals surface area (Å²) in [6, 6.07) is 9.46. The molecule has 2 heterocycles. The van der Waals surface area contributed by atoms with Crippen LogP contribution in [0.3, 0.4) is 0 Å². The molecular weight excluding hydrogens is 371 g/mol. The summed E-state index contributed by atoms with van der Waals surface area (Å²) in [5, 5.41) is 10.8. The molecular formula is C16H13ClF3N5O. The number of anilines is 1. The van der Waals surface area contributed by atoms with Gasteiger partial charge >= 0.3 is 6.18 Å². The lowest BCUT2D eigenvalue weighted by Gasteiger charge is -2.04. The maximum atomic E-state index is 12.8. The maximum Gasteiger partial charge on any atom is 0.433 e. The SMILES string of the molecule is Cn1nc(C(=O)Nc2ccn(Cc3ccccc3Cl)n2)cc1C(F)(F)F. The molecule has 3 aromatic rings. The molecule has 0 aliphatic rings. The van der Waals surface area contributed by atoms with Gasteiger partial charge in [-0.05, 0) is 11.6 Å². The van der Waals surface area contributed by atoms with Crippen LogP contribution in [0.15, 0.2) is 42.6 Å². The number of nitrogens with one attached hydrogen (secondary N) is 1. The summed E-state index contributed by atoms with van der Waals surface area (Å²) in [4.78, 5) is 12.1. The van der Waals surface area contributed by atoms with E-state index in [9.17, 15) is 18.0 Å². The third-order valence-electron chi connectivity index (χ3n) is 3.58. The van der Waals surface area contributed by atoms with E-state index in [1.165, 1.54) is 6.07 Å². The molecule has 0 spiro atoms. The fourth-order valence-corrected chi connectivity index (χ4v) is 2.54. The summed E-state index contributed by atoms with van der Waals surface area (Å²) in [6.07, 6.45) is -2.96. The number of hydrogen-bond donors (Lipinski definition) is 1. The Hall–Kier alpha value is -2.81. The fourth-order valence-electron chi connectivity index (χ4n) is 2.34. The predicted octanol–water partition coefficient (Wildman–Crippen LogP) is 3.59. The second kappa shape index (κ2) is 6.83. The second-order valence-corrected chi connectivity index (χ2v) is 5.89. The van der Waals surface area contributed by atoms with Crippen LogP contribution >= 0.6 is 11.6 Å². The Kier molecular flexibility index (Phi) is 4.73. The van der Waals surface area contributed by atoms with E-state index in [2.05, 4.69) is 15.5 Å². The first-order valence-corrected chi connectivity index (χ1v) is 7.81. The lowest BCUT2D eigenvalue weighted by Crippen LogP contribution is -2.14. The van der Waals surface area contributed by atoms with Crippen molar-refractivity contribution >= 4 is 23.3 Å². The first-order valence-electron chi connectivity index (χ1n) is 7.43. The molecule has 1 N–H and O–H groups in total. The number of hydrogen-bond acceptors (Lipinski definition) is 3. The van der Waals surface area contributed by atoms with E-state index in [4.69, 9.17) is 11.6 Å². The van der Waals surface area contributed by atoms with E-state index in [1.807, 2.05) is 18.2 Å². The van der Waals surface area contributed by atoms with Crippen LogP contribution in [0.5, 0.6) is 0 Å². The highest BCUT2D eigenvalue weighted by Crippen LogP contribution is 2.29. The average Bonchev–Trinajstić information content (AvgIpc) is 3.16. The Labute approximate surface area is 151 Å². The first kappa shape index (κ1) is 18.0. The zero-order chi connectivity index (χ0) is 18.9. The molecule has 0 aliphatic carbocycles. The van der Waals surface area contributed by atoms with Gasteiger partial charge in [0, 0.05) is 30.4 Å². The van der Waals surface area contributed by atoms with Crippen molar-refractivity contribution in [2.45, 2.75) is 12.7 Å². The van der Waals surface area contributed by atoms with Gasteiger partial charge in [-0.25, -0.2) is 0 Å². The second-order valence-electron chi connectivity index (χ2n) is 5.48. The van der Waals surface area contributed by atoms with Gasteiger partial charge in [-0.3, -0.25) is 14.2 Å². The van der Waals surface area contributed by atoms with Crippen molar-refractivity contribution in [2.24, 2.45) is 7.05 Å². The molecule has 0 radical (unpaired) electrons. The van der Waals surface area contributed by atoms with Crippen LogP contribution in [0.1, 0.15) is 21.7 Å². The monoisotopic (exact) mass is 383 g/mol. The fraction of sp³-hybridized carbons (Fsp3) is 0.188. The molecule has 0 saturated carbocycles. The molecule has 10 heteroatoms. The van der Waals surface area contributed by atoms with Gasteiger partial charge in [0.15, 0.2) is 11.5 Å². The molecule has 136 valence electrons. The van der Waals surface area contributed by atoms with E-state index < -0.39 is 17.8 Å². The van der Waals surface area contributed by atoms with Crippen molar-refractivity contribution < 1.29 is 18.0 Å². The number of amides is 1. The van der Waals surface area contributed by atoms with Gasteiger partial charge in [-0.2, -0.15) is 23.4 Å². The molecule has 2 aromatic heterocycles. The third kappa shape index (κ3) is 3.88. The van der Waals surface area contributed by atoms with Crippen LogP contribution < -0.4 is 5.32 Å². The number of nitrogens with zero attached hydrogens (tertiary/aromatic N) is 4. The Morgan fingerprint density at radius 1 is 1.23 bits per heavy atom. The van der Waals surface area contributed by atoms with Crippen molar-refractivity contribution in [3.8, 4) is 0 Å². The summed E-state index contributed by atoms with van der Waals surface area (Å²) in [6.45, 7) is 0.386. The number of aromatic nitrogens is 4. The maximum absolute atomic E-state index is 12.8. The largest absolute Gasteiger partial charge is 0.433 e. The van der Waals surface area contributed by atoms with Crippen molar-refractivity contribution in [1.82, 2.24) is 19.6 Å². The van der Waals surface area contributed by atoms with Gasteiger partial charge in [0.1, 0.15) is 5.69 Å². The van der Waals surface area contributed by atoms with Gasteiger partial charge in [0.25, 0.3) is 5.91 Å². The molecule has 0 saturated heterocycles. The predicted molar refractivity (Wildman–Crippen MR) is 88.9 cm³/mol. The Balaban J connectivity index is 1.71. The summed E-state index contributed by atoms with van der Waals surface area (Å²) in [5.74, 6) is -0.583. The van der Waals surface area contributed by atoms with Gasteiger partial charge in [0.2, 0.25) is 0 Å². The minimum Gasteiger partial charge on any atom is -0.304 e. The number of benzene rings is 1. The van der Waals surface area contributed by atoms with E-state index in [0.717, 1.165) is 12.6 Å². The number of carbonyl (C=O) groups excluding carboxylic acids is 1. The first-order chi connectivity index (χ1) is 12.2. The van der Waals surface area contributed by atoms with Crippen molar-refractivity contribution in [3.63, 3.8) is 0 Å². The zero-order valence-electron chi connectivity index (χ0n) is 13.5. The highest BCUT2D eigenvalue weighted by Gasteiger charge is 2.35. The molecule has 26 heavy (non-hydrogen) atoms. The summed E-state index contributed by atoms with van der Waals surface area (Å²) < 4.78 is 40.5. The quantitative estimate of drug-likeness (QED) is 0.748. The Morgan fingerprint density at radius 2 is 1.96 bits per heavy atom. The van der Waals surface area contributed by atoms with Crippen LogP contribution in [-0.2, 0) is 19.8 Å². The van der Waals surface area contributed by atoms with E-state index in [0.29, 0.717) is 22.3 Å². The molecule has 0 aliphatic heterocycles. The van der Waals surface area contributed by atoms with Crippen LogP contribution in [0.4, 0.5) is 19.0 Å². The normalized spacial score (nSPS) is 11.6. The van der Waals surface area contributed by atoms with Gasteiger partial charge in [-0.15, -0.1) is 0 Å². The van der Waals surface area contributed by atoms with Gasteiger partial charge < -0.3 is 5.32 Å². The molecule has 0 unspecified atom stereocenters. The molecule has 6 nitrogen and oxygen atoms in total. The third-order valence-corrected chi connectivity index (χ3v) is 3.94. The average molecular weight is 384 g/mol. The number of rotatable bonds is 4. The molecule has 1 aromatic carbocycles. The summed E-state index contributed by atoms with van der Waals surface area (Å²) in [5.41, 5.74) is -0.512. The van der Waals surface area contributed by atoms with Crippen LogP contribution in [0.25, 0.3) is 0 Å². The van der Waals surface area contributed by atoms with E-state index >= 15 is 0 Å². The van der Waals surface area contributed by atoms with Crippen LogP contribution in [-0.4, -0.2) is 25.5 Å². The molecule has 1 amide bonds. The lowest BCUT2D eigenvalue weighted by atomic mass is 10.2. The minimum absolute atomic E-state index is 0.196. The molecule has 0 fully saturated rings. The van der Waals surface area contributed by atoms with E-state index in [1.54, 1.807) is 16.9 Å². The topological polar surface area (TPSA) is 64.7 Å². The van der Waals surface area contributed by atoms with Crippen molar-refractivity contribution in [3.05, 3.63) is 64.6 Å². The summed E-state index contributed by atoms with van der Waals surface area (Å²) >= 11 is 6.09. The van der Waals surface area contributed by atoms with E-state index in [-0.39, 0.29) is 11.5 Å². The number of halogens is 4.